The van der Waals surface area contributed by atoms with Crippen molar-refractivity contribution < 1.29 is 9.90 Å². The van der Waals surface area contributed by atoms with E-state index in [1.54, 1.807) is 12.1 Å². The van der Waals surface area contributed by atoms with Gasteiger partial charge in [0.25, 0.3) is 0 Å². The third-order valence-corrected chi connectivity index (χ3v) is 5.84. The van der Waals surface area contributed by atoms with Crippen molar-refractivity contribution in [3.8, 4) is 0 Å². The number of nitrogens with one attached hydrogen (secondary N) is 1. The van der Waals surface area contributed by atoms with Crippen molar-refractivity contribution in [3.05, 3.63) is 28.5 Å². The van der Waals surface area contributed by atoms with Gasteiger partial charge in [-0.25, -0.2) is 9.97 Å². The number of aliphatic carboxylic acids is 1. The molecule has 3 saturated carbocycles. The molecule has 2 aromatic rings. The summed E-state index contributed by atoms with van der Waals surface area (Å²) in [6.45, 7) is 0. The zero-order valence-corrected chi connectivity index (χ0v) is 14.4. The Morgan fingerprint density at radius 3 is 2.54 bits per heavy atom. The Hall–Kier alpha value is -1.59. The van der Waals surface area contributed by atoms with Gasteiger partial charge in [-0.05, 0) is 67.3 Å². The highest BCUT2D eigenvalue weighted by atomic mass is 35.5. The van der Waals surface area contributed by atoms with E-state index in [0.717, 1.165) is 31.1 Å². The highest BCUT2D eigenvalue weighted by Crippen LogP contribution is 2.46. The summed E-state index contributed by atoms with van der Waals surface area (Å²) >= 11 is 12.1. The minimum absolute atomic E-state index is 0.125. The Kier molecular flexibility index (Phi) is 4.01. The molecule has 3 aliphatic rings. The molecule has 1 aromatic carbocycles. The van der Waals surface area contributed by atoms with Crippen molar-refractivity contribution >= 4 is 45.9 Å². The number of rotatable bonds is 3. The van der Waals surface area contributed by atoms with Crippen molar-refractivity contribution in [2.45, 2.75) is 31.7 Å². The standard InChI is InChI=1S/C17H17Cl2N3O2/c18-10-5-6-11-12(7-10)20-17(19)22-15(11)21-14-9-3-1-8(2-4-9)13(14)16(23)24/h5-9,13-14H,1-4H2,(H,23,24)(H,20,21,22). The molecule has 0 saturated heterocycles. The lowest BCUT2D eigenvalue weighted by Gasteiger charge is -2.47. The summed E-state index contributed by atoms with van der Waals surface area (Å²) in [6, 6.07) is 5.22. The molecule has 5 nitrogen and oxygen atoms in total. The van der Waals surface area contributed by atoms with Gasteiger partial charge < -0.3 is 10.4 Å². The molecule has 2 N–H and O–H groups in total. The summed E-state index contributed by atoms with van der Waals surface area (Å²) in [6.07, 6.45) is 4.13. The third-order valence-electron chi connectivity index (χ3n) is 5.44. The molecule has 1 heterocycles. The number of carboxylic acids is 1. The quantitative estimate of drug-likeness (QED) is 0.795. The predicted molar refractivity (Wildman–Crippen MR) is 93.5 cm³/mol. The number of carbonyl (C=O) groups is 1. The SMILES string of the molecule is O=C(O)C1C2CCC(CC2)C1Nc1nc(Cl)nc2cc(Cl)ccc12. The molecule has 2 bridgehead atoms. The average molecular weight is 366 g/mol. The molecule has 0 aliphatic heterocycles. The van der Waals surface area contributed by atoms with Crippen LogP contribution >= 0.6 is 23.2 Å². The summed E-state index contributed by atoms with van der Waals surface area (Å²) < 4.78 is 0. The molecule has 126 valence electrons. The molecule has 24 heavy (non-hydrogen) atoms. The van der Waals surface area contributed by atoms with Gasteiger partial charge in [0.1, 0.15) is 5.82 Å². The number of anilines is 1. The second-order valence-electron chi connectivity index (χ2n) is 6.71. The Bertz CT molecular complexity index is 801. The third kappa shape index (κ3) is 2.70. The van der Waals surface area contributed by atoms with E-state index in [2.05, 4.69) is 15.3 Å². The highest BCUT2D eigenvalue weighted by molar-refractivity contribution is 6.31. The summed E-state index contributed by atoms with van der Waals surface area (Å²) in [4.78, 5) is 20.3. The number of nitrogens with zero attached hydrogens (tertiary/aromatic N) is 2. The first-order chi connectivity index (χ1) is 11.5. The van der Waals surface area contributed by atoms with Crippen LogP contribution in [0.15, 0.2) is 18.2 Å². The number of hydrogen-bond acceptors (Lipinski definition) is 4. The Morgan fingerprint density at radius 1 is 1.12 bits per heavy atom. The van der Waals surface area contributed by atoms with E-state index in [4.69, 9.17) is 23.2 Å². The van der Waals surface area contributed by atoms with Crippen molar-refractivity contribution in [1.82, 2.24) is 9.97 Å². The van der Waals surface area contributed by atoms with E-state index in [1.807, 2.05) is 6.07 Å². The molecule has 0 amide bonds. The Morgan fingerprint density at radius 2 is 1.83 bits per heavy atom. The molecule has 2 unspecified atom stereocenters. The fraction of sp³-hybridized carbons (Fsp3) is 0.471. The molecule has 3 aliphatic carbocycles. The lowest BCUT2D eigenvalue weighted by molar-refractivity contribution is -0.148. The fourth-order valence-electron chi connectivity index (χ4n) is 4.35. The van der Waals surface area contributed by atoms with E-state index in [0.29, 0.717) is 22.3 Å². The van der Waals surface area contributed by atoms with Crippen LogP contribution in [0.1, 0.15) is 25.7 Å². The van der Waals surface area contributed by atoms with Crippen LogP contribution < -0.4 is 5.32 Å². The number of carboxylic acid groups (broad SMARTS) is 1. The molecule has 5 rings (SSSR count). The second kappa shape index (κ2) is 6.05. The number of aromatic nitrogens is 2. The largest absolute Gasteiger partial charge is 0.481 e. The summed E-state index contributed by atoms with van der Waals surface area (Å²) in [5.41, 5.74) is 0.651. The number of hydrogen-bond donors (Lipinski definition) is 2. The topological polar surface area (TPSA) is 75.1 Å². The minimum atomic E-state index is -0.727. The summed E-state index contributed by atoms with van der Waals surface area (Å²) in [5.74, 6) is 0.0728. The minimum Gasteiger partial charge on any atom is -0.481 e. The normalized spacial score (nSPS) is 28.9. The van der Waals surface area contributed by atoms with Gasteiger partial charge in [0.2, 0.25) is 5.28 Å². The van der Waals surface area contributed by atoms with Gasteiger partial charge in [-0.1, -0.05) is 11.6 Å². The van der Waals surface area contributed by atoms with Crippen LogP contribution in [0.25, 0.3) is 10.9 Å². The van der Waals surface area contributed by atoms with Gasteiger partial charge in [0.15, 0.2) is 0 Å². The van der Waals surface area contributed by atoms with Crippen LogP contribution in [0.2, 0.25) is 10.3 Å². The van der Waals surface area contributed by atoms with Crippen molar-refractivity contribution in [2.75, 3.05) is 5.32 Å². The maximum Gasteiger partial charge on any atom is 0.308 e. The van der Waals surface area contributed by atoms with E-state index >= 15 is 0 Å². The number of fused-ring (bicyclic) bond motifs is 4. The first-order valence-electron chi connectivity index (χ1n) is 8.15. The lowest BCUT2D eigenvalue weighted by Crippen LogP contribution is -2.51. The Labute approximate surface area is 149 Å². The van der Waals surface area contributed by atoms with Crippen LogP contribution in [0.5, 0.6) is 0 Å². The first kappa shape index (κ1) is 15.9. The van der Waals surface area contributed by atoms with Crippen molar-refractivity contribution in [3.63, 3.8) is 0 Å². The zero-order valence-electron chi connectivity index (χ0n) is 12.9. The second-order valence-corrected chi connectivity index (χ2v) is 7.49. The maximum atomic E-state index is 11.8. The van der Waals surface area contributed by atoms with Gasteiger partial charge >= 0.3 is 5.97 Å². The van der Waals surface area contributed by atoms with Crippen LogP contribution in [0.3, 0.4) is 0 Å². The summed E-state index contributed by atoms with van der Waals surface area (Å²) in [7, 11) is 0. The monoisotopic (exact) mass is 365 g/mol. The van der Waals surface area contributed by atoms with Crippen molar-refractivity contribution in [2.24, 2.45) is 17.8 Å². The molecule has 3 fully saturated rings. The van der Waals surface area contributed by atoms with Gasteiger partial charge in [-0.2, -0.15) is 0 Å². The van der Waals surface area contributed by atoms with E-state index < -0.39 is 5.97 Å². The van der Waals surface area contributed by atoms with Crippen molar-refractivity contribution in [1.29, 1.82) is 0 Å². The highest BCUT2D eigenvalue weighted by Gasteiger charge is 2.47. The average Bonchev–Trinajstić information content (AvgIpc) is 2.54. The van der Waals surface area contributed by atoms with E-state index in [1.165, 1.54) is 0 Å². The first-order valence-corrected chi connectivity index (χ1v) is 8.90. The lowest BCUT2D eigenvalue weighted by atomic mass is 9.61. The number of benzene rings is 1. The smallest absolute Gasteiger partial charge is 0.308 e. The van der Waals surface area contributed by atoms with Crippen LogP contribution in [0, 0.1) is 17.8 Å². The maximum absolute atomic E-state index is 11.8. The molecule has 0 radical (unpaired) electrons. The fourth-order valence-corrected chi connectivity index (χ4v) is 4.70. The molecule has 1 aromatic heterocycles. The van der Waals surface area contributed by atoms with Gasteiger partial charge in [-0.15, -0.1) is 0 Å². The van der Waals surface area contributed by atoms with Crippen LogP contribution in [-0.4, -0.2) is 27.1 Å². The van der Waals surface area contributed by atoms with Gasteiger partial charge in [0.05, 0.1) is 11.4 Å². The summed E-state index contributed by atoms with van der Waals surface area (Å²) in [5, 5.41) is 14.6. The van der Waals surface area contributed by atoms with E-state index in [9.17, 15) is 9.90 Å². The van der Waals surface area contributed by atoms with Gasteiger partial charge in [0, 0.05) is 16.5 Å². The van der Waals surface area contributed by atoms with Crippen LogP contribution in [0.4, 0.5) is 5.82 Å². The molecular formula is C17H17Cl2N3O2. The molecular weight excluding hydrogens is 349 g/mol. The zero-order chi connectivity index (χ0) is 16.8. The Balaban J connectivity index is 1.74. The molecule has 2 atom stereocenters. The number of halogens is 2. The van der Waals surface area contributed by atoms with Crippen LogP contribution in [-0.2, 0) is 4.79 Å². The molecule has 7 heteroatoms. The molecule has 0 spiro atoms. The van der Waals surface area contributed by atoms with E-state index in [-0.39, 0.29) is 23.2 Å². The predicted octanol–water partition coefficient (Wildman–Crippen LogP) is 4.24. The van der Waals surface area contributed by atoms with Gasteiger partial charge in [-0.3, -0.25) is 4.79 Å².